The predicted molar refractivity (Wildman–Crippen MR) is 67.8 cm³/mol. The number of rotatable bonds is 2. The van der Waals surface area contributed by atoms with E-state index in [2.05, 4.69) is 25.9 Å². The van der Waals surface area contributed by atoms with Crippen LogP contribution in [0.5, 0.6) is 0 Å². The number of nitrogens with zero attached hydrogens (tertiary/aromatic N) is 1. The van der Waals surface area contributed by atoms with Crippen molar-refractivity contribution in [3.05, 3.63) is 0 Å². The van der Waals surface area contributed by atoms with Crippen LogP contribution >= 0.6 is 11.6 Å². The molecule has 0 aromatic carbocycles. The second-order valence-electron chi connectivity index (χ2n) is 5.59. The molecule has 1 saturated carbocycles. The molecule has 2 unspecified atom stereocenters. The van der Waals surface area contributed by atoms with E-state index in [1.165, 1.54) is 14.2 Å². The van der Waals surface area contributed by atoms with Gasteiger partial charge in [0, 0.05) is 14.2 Å². The molecule has 0 amide bonds. The van der Waals surface area contributed by atoms with Gasteiger partial charge in [-0.2, -0.15) is 0 Å². The highest BCUT2D eigenvalue weighted by molar-refractivity contribution is 6.24. The minimum Gasteiger partial charge on any atom is -0.411 e. The molecule has 5 heteroatoms. The van der Waals surface area contributed by atoms with Crippen LogP contribution in [0.15, 0.2) is 5.16 Å². The SMILES string of the molecule is COC1(OC)/C(=N\O)CC(C(C)(C)C)CC1Cl. The topological polar surface area (TPSA) is 51.0 Å². The quantitative estimate of drug-likeness (QED) is 0.361. The molecule has 1 N–H and O–H groups in total. The van der Waals surface area contributed by atoms with Crippen molar-refractivity contribution in [3.63, 3.8) is 0 Å². The normalized spacial score (nSPS) is 31.8. The van der Waals surface area contributed by atoms with Crippen LogP contribution in [0.1, 0.15) is 33.6 Å². The second-order valence-corrected chi connectivity index (χ2v) is 6.12. The lowest BCUT2D eigenvalue weighted by atomic mass is 9.70. The molecule has 0 spiro atoms. The van der Waals surface area contributed by atoms with Gasteiger partial charge in [0.1, 0.15) is 5.71 Å². The first kappa shape index (κ1) is 14.7. The van der Waals surface area contributed by atoms with Gasteiger partial charge in [0.25, 0.3) is 0 Å². The number of halogens is 1. The Morgan fingerprint density at radius 3 is 2.24 bits per heavy atom. The molecule has 0 bridgehead atoms. The molecular weight excluding hydrogens is 242 g/mol. The van der Waals surface area contributed by atoms with E-state index >= 15 is 0 Å². The van der Waals surface area contributed by atoms with Crippen molar-refractivity contribution < 1.29 is 14.7 Å². The first-order valence-electron chi connectivity index (χ1n) is 5.77. The maximum absolute atomic E-state index is 9.16. The van der Waals surface area contributed by atoms with E-state index in [9.17, 15) is 0 Å². The van der Waals surface area contributed by atoms with Gasteiger partial charge in [-0.3, -0.25) is 0 Å². The van der Waals surface area contributed by atoms with E-state index in [4.69, 9.17) is 26.3 Å². The number of alkyl halides is 1. The van der Waals surface area contributed by atoms with Crippen LogP contribution < -0.4 is 0 Å². The van der Waals surface area contributed by atoms with Gasteiger partial charge in [0.2, 0.25) is 5.79 Å². The van der Waals surface area contributed by atoms with Crippen LogP contribution in [-0.2, 0) is 9.47 Å². The Morgan fingerprint density at radius 1 is 1.35 bits per heavy atom. The van der Waals surface area contributed by atoms with Gasteiger partial charge >= 0.3 is 0 Å². The Morgan fingerprint density at radius 2 is 1.88 bits per heavy atom. The van der Waals surface area contributed by atoms with Crippen molar-refractivity contribution >= 4 is 17.3 Å². The maximum Gasteiger partial charge on any atom is 0.228 e. The predicted octanol–water partition coefficient (Wildman–Crippen LogP) is 2.87. The third kappa shape index (κ3) is 2.59. The third-order valence-electron chi connectivity index (χ3n) is 3.70. The van der Waals surface area contributed by atoms with Gasteiger partial charge in [-0.1, -0.05) is 25.9 Å². The fourth-order valence-corrected chi connectivity index (χ4v) is 2.91. The van der Waals surface area contributed by atoms with Crippen LogP contribution in [0.4, 0.5) is 0 Å². The molecule has 0 heterocycles. The van der Waals surface area contributed by atoms with Crippen LogP contribution in [0.2, 0.25) is 0 Å². The Labute approximate surface area is 108 Å². The molecule has 0 aromatic heterocycles. The maximum atomic E-state index is 9.16. The summed E-state index contributed by atoms with van der Waals surface area (Å²) >= 11 is 6.37. The lowest BCUT2D eigenvalue weighted by Crippen LogP contribution is -2.56. The van der Waals surface area contributed by atoms with Gasteiger partial charge in [0.15, 0.2) is 0 Å². The van der Waals surface area contributed by atoms with Gasteiger partial charge in [-0.15, -0.1) is 11.6 Å². The van der Waals surface area contributed by atoms with E-state index in [-0.39, 0.29) is 10.8 Å². The monoisotopic (exact) mass is 263 g/mol. The van der Waals surface area contributed by atoms with Crippen LogP contribution in [0, 0.1) is 11.3 Å². The summed E-state index contributed by atoms with van der Waals surface area (Å²) in [5.74, 6) is -0.757. The van der Waals surface area contributed by atoms with Gasteiger partial charge in [-0.05, 0) is 24.2 Å². The van der Waals surface area contributed by atoms with Gasteiger partial charge in [0.05, 0.1) is 5.38 Å². The molecule has 1 rings (SSSR count). The summed E-state index contributed by atoms with van der Waals surface area (Å²) in [4.78, 5) is 0. The number of hydrogen-bond acceptors (Lipinski definition) is 4. The number of hydrogen-bond donors (Lipinski definition) is 1. The Balaban J connectivity index is 3.04. The van der Waals surface area contributed by atoms with E-state index in [0.717, 1.165) is 6.42 Å². The fourth-order valence-electron chi connectivity index (χ4n) is 2.39. The fraction of sp³-hybridized carbons (Fsp3) is 0.917. The molecule has 0 saturated heterocycles. The molecular formula is C12H22ClNO3. The smallest absolute Gasteiger partial charge is 0.228 e. The first-order valence-corrected chi connectivity index (χ1v) is 6.21. The van der Waals surface area contributed by atoms with Crippen LogP contribution in [0.3, 0.4) is 0 Å². The first-order chi connectivity index (χ1) is 7.81. The van der Waals surface area contributed by atoms with E-state index in [0.29, 0.717) is 18.1 Å². The molecule has 1 aliphatic rings. The van der Waals surface area contributed by atoms with Crippen molar-refractivity contribution in [2.24, 2.45) is 16.5 Å². The van der Waals surface area contributed by atoms with E-state index in [1.807, 2.05) is 0 Å². The minimum absolute atomic E-state index is 0.108. The van der Waals surface area contributed by atoms with Crippen LogP contribution in [0.25, 0.3) is 0 Å². The molecule has 0 aliphatic heterocycles. The zero-order valence-corrected chi connectivity index (χ0v) is 11.9. The molecule has 1 fully saturated rings. The summed E-state index contributed by atoms with van der Waals surface area (Å²) in [5, 5.41) is 12.1. The highest BCUT2D eigenvalue weighted by atomic mass is 35.5. The molecule has 0 radical (unpaired) electrons. The molecule has 4 nitrogen and oxygen atoms in total. The zero-order valence-electron chi connectivity index (χ0n) is 11.2. The number of ether oxygens (including phenoxy) is 2. The lowest BCUT2D eigenvalue weighted by Gasteiger charge is -2.45. The molecule has 1 aliphatic carbocycles. The van der Waals surface area contributed by atoms with Crippen molar-refractivity contribution in [2.75, 3.05) is 14.2 Å². The Kier molecular flexibility index (Phi) is 4.44. The third-order valence-corrected chi connectivity index (χ3v) is 4.16. The average Bonchev–Trinajstić information content (AvgIpc) is 2.27. The van der Waals surface area contributed by atoms with E-state index < -0.39 is 5.79 Å². The summed E-state index contributed by atoms with van der Waals surface area (Å²) in [6.07, 6.45) is 1.40. The average molecular weight is 264 g/mol. The molecule has 0 aromatic rings. The van der Waals surface area contributed by atoms with Crippen molar-refractivity contribution in [2.45, 2.75) is 44.8 Å². The number of methoxy groups -OCH3 is 2. The van der Waals surface area contributed by atoms with Crippen LogP contribution in [-0.4, -0.2) is 36.3 Å². The number of oxime groups is 1. The van der Waals surface area contributed by atoms with Crippen molar-refractivity contribution in [1.29, 1.82) is 0 Å². The zero-order chi connectivity index (χ0) is 13.3. The summed E-state index contributed by atoms with van der Waals surface area (Å²) < 4.78 is 10.7. The van der Waals surface area contributed by atoms with Gasteiger partial charge < -0.3 is 14.7 Å². The summed E-state index contributed by atoms with van der Waals surface area (Å²) in [7, 11) is 3.03. The van der Waals surface area contributed by atoms with Crippen molar-refractivity contribution in [3.8, 4) is 0 Å². The Bertz CT molecular complexity index is 295. The summed E-state index contributed by atoms with van der Waals surface area (Å²) in [6.45, 7) is 6.47. The highest BCUT2D eigenvalue weighted by Gasteiger charge is 2.51. The summed E-state index contributed by atoms with van der Waals surface area (Å²) in [6, 6.07) is 0. The lowest BCUT2D eigenvalue weighted by molar-refractivity contribution is -0.166. The van der Waals surface area contributed by atoms with E-state index in [1.54, 1.807) is 0 Å². The minimum atomic E-state index is -1.10. The summed E-state index contributed by atoms with van der Waals surface area (Å²) in [5.41, 5.74) is 0.574. The largest absolute Gasteiger partial charge is 0.411 e. The molecule has 100 valence electrons. The van der Waals surface area contributed by atoms with Crippen molar-refractivity contribution in [1.82, 2.24) is 0 Å². The second kappa shape index (κ2) is 5.12. The highest BCUT2D eigenvalue weighted by Crippen LogP contribution is 2.43. The van der Waals surface area contributed by atoms with Gasteiger partial charge in [-0.25, -0.2) is 0 Å². The molecule has 2 atom stereocenters. The Hall–Kier alpha value is -0.320. The standard InChI is InChI=1S/C12H22ClNO3/c1-11(2,3)8-6-9(13)12(16-4,17-5)10(7-8)14-15/h8-9,15H,6-7H2,1-5H3/b14-10-. The molecule has 17 heavy (non-hydrogen) atoms.